The molecule has 2 bridgehead atoms. The van der Waals surface area contributed by atoms with Crippen molar-refractivity contribution in [2.24, 2.45) is 11.8 Å². The van der Waals surface area contributed by atoms with E-state index in [0.717, 1.165) is 51.3 Å². The second-order valence-electron chi connectivity index (χ2n) is 10.2. The molecule has 4 fully saturated rings. The molecule has 0 saturated carbocycles. The van der Waals surface area contributed by atoms with E-state index in [4.69, 9.17) is 0 Å². The number of pyridine rings is 1. The number of hydrogen-bond donors (Lipinski definition) is 1. The molecule has 0 aromatic carbocycles. The number of amides is 2. The molecule has 1 N–H and O–H groups in total. The minimum atomic E-state index is -0.0167. The number of anilines is 1. The van der Waals surface area contributed by atoms with E-state index < -0.39 is 0 Å². The van der Waals surface area contributed by atoms with Gasteiger partial charge in [0.2, 0.25) is 5.91 Å². The Morgan fingerprint density at radius 3 is 2.88 bits per heavy atom. The van der Waals surface area contributed by atoms with Crippen molar-refractivity contribution in [2.45, 2.75) is 57.4 Å². The zero-order valence-electron chi connectivity index (χ0n) is 19.2. The Morgan fingerprint density at radius 1 is 1.12 bits per heavy atom. The zero-order valence-corrected chi connectivity index (χ0v) is 19.2. The van der Waals surface area contributed by atoms with E-state index in [1.54, 1.807) is 6.20 Å². The molecule has 0 spiro atoms. The van der Waals surface area contributed by atoms with Gasteiger partial charge >= 0.3 is 0 Å². The zero-order chi connectivity index (χ0) is 21.9. The van der Waals surface area contributed by atoms with Gasteiger partial charge in [-0.25, -0.2) is 4.98 Å². The Hall–Kier alpha value is -2.15. The number of piperidine rings is 4. The molecule has 7 nitrogen and oxygen atoms in total. The summed E-state index contributed by atoms with van der Waals surface area (Å²) in [7, 11) is 0. The number of nitrogens with zero attached hydrogens (tertiary/aromatic N) is 4. The maximum Gasteiger partial charge on any atom is 0.255 e. The Balaban J connectivity index is 1.21. The van der Waals surface area contributed by atoms with Crippen LogP contribution in [-0.2, 0) is 4.79 Å². The van der Waals surface area contributed by atoms with Gasteiger partial charge in [-0.05, 0) is 82.1 Å². The molecule has 3 atom stereocenters. The standard InChI is InChI=1S/C25H37N5O2/c31-23-9-4-8-22-20-15-19(17-30(22)23)16-29(18-20)24-21(7-5-10-26-24)25(32)27-11-6-14-28-12-2-1-3-13-28/h5,7,10,19-20,22H,1-4,6,8-9,11-18H2,(H,27,32)/t19-,20-,22-/m1/s1. The third-order valence-corrected chi connectivity index (χ3v) is 7.90. The van der Waals surface area contributed by atoms with Gasteiger partial charge in [0.1, 0.15) is 5.82 Å². The number of aromatic nitrogens is 1. The molecule has 5 heterocycles. The van der Waals surface area contributed by atoms with E-state index in [2.05, 4.69) is 25.0 Å². The van der Waals surface area contributed by atoms with Gasteiger partial charge in [0, 0.05) is 44.8 Å². The van der Waals surface area contributed by atoms with Crippen LogP contribution in [-0.4, -0.2) is 78.5 Å². The number of carbonyl (C=O) groups is 2. The highest BCUT2D eigenvalue weighted by molar-refractivity contribution is 5.98. The average molecular weight is 440 g/mol. The van der Waals surface area contributed by atoms with Crippen molar-refractivity contribution in [2.75, 3.05) is 50.7 Å². The van der Waals surface area contributed by atoms with Crippen molar-refractivity contribution in [3.63, 3.8) is 0 Å². The van der Waals surface area contributed by atoms with Crippen LogP contribution in [0, 0.1) is 11.8 Å². The van der Waals surface area contributed by atoms with Crippen molar-refractivity contribution in [1.29, 1.82) is 0 Å². The number of nitrogens with one attached hydrogen (secondary N) is 1. The minimum Gasteiger partial charge on any atom is -0.355 e. The summed E-state index contributed by atoms with van der Waals surface area (Å²) < 4.78 is 0. The predicted molar refractivity (Wildman–Crippen MR) is 125 cm³/mol. The van der Waals surface area contributed by atoms with Gasteiger partial charge in [0.05, 0.1) is 5.56 Å². The van der Waals surface area contributed by atoms with Crippen molar-refractivity contribution >= 4 is 17.6 Å². The third kappa shape index (κ3) is 4.63. The largest absolute Gasteiger partial charge is 0.355 e. The van der Waals surface area contributed by atoms with E-state index in [9.17, 15) is 9.59 Å². The Labute approximate surface area is 191 Å². The van der Waals surface area contributed by atoms with Crippen LogP contribution in [0.1, 0.15) is 61.7 Å². The first-order valence-corrected chi connectivity index (χ1v) is 12.7. The summed E-state index contributed by atoms with van der Waals surface area (Å²) in [4.78, 5) is 37.1. The predicted octanol–water partition coefficient (Wildman–Crippen LogP) is 2.52. The van der Waals surface area contributed by atoms with Crippen LogP contribution in [0.4, 0.5) is 5.82 Å². The molecule has 4 aliphatic heterocycles. The normalized spacial score (nSPS) is 28.4. The lowest BCUT2D eigenvalue weighted by molar-refractivity contribution is -0.142. The lowest BCUT2D eigenvalue weighted by atomic mass is 9.76. The smallest absolute Gasteiger partial charge is 0.255 e. The Morgan fingerprint density at radius 2 is 2.00 bits per heavy atom. The maximum absolute atomic E-state index is 13.0. The third-order valence-electron chi connectivity index (χ3n) is 7.90. The second-order valence-corrected chi connectivity index (χ2v) is 10.2. The molecular formula is C25H37N5O2. The molecule has 7 heteroatoms. The van der Waals surface area contributed by atoms with Gasteiger partial charge in [-0.15, -0.1) is 0 Å². The Kier molecular flexibility index (Phi) is 6.62. The quantitative estimate of drug-likeness (QED) is 0.690. The van der Waals surface area contributed by atoms with Gasteiger partial charge in [0.15, 0.2) is 0 Å². The molecule has 0 radical (unpaired) electrons. The monoisotopic (exact) mass is 439 g/mol. The first-order chi connectivity index (χ1) is 15.7. The number of likely N-dealkylation sites (tertiary alicyclic amines) is 1. The lowest BCUT2D eigenvalue weighted by Crippen LogP contribution is -2.60. The van der Waals surface area contributed by atoms with Crippen LogP contribution in [0.3, 0.4) is 0 Å². The highest BCUT2D eigenvalue weighted by Gasteiger charge is 2.44. The van der Waals surface area contributed by atoms with Crippen LogP contribution in [0.15, 0.2) is 18.3 Å². The summed E-state index contributed by atoms with van der Waals surface area (Å²) in [5.41, 5.74) is 0.682. The summed E-state index contributed by atoms with van der Waals surface area (Å²) in [5.74, 6) is 2.08. The minimum absolute atomic E-state index is 0.0167. The molecular weight excluding hydrogens is 402 g/mol. The van der Waals surface area contributed by atoms with E-state index in [1.807, 2.05) is 12.1 Å². The lowest BCUT2D eigenvalue weighted by Gasteiger charge is -2.52. The second kappa shape index (κ2) is 9.77. The van der Waals surface area contributed by atoms with E-state index >= 15 is 0 Å². The number of fused-ring (bicyclic) bond motifs is 4. The molecule has 4 aliphatic rings. The molecule has 5 rings (SSSR count). The van der Waals surface area contributed by atoms with Crippen LogP contribution in [0.25, 0.3) is 0 Å². The molecule has 1 aromatic rings. The topological polar surface area (TPSA) is 68.8 Å². The van der Waals surface area contributed by atoms with Crippen molar-refractivity contribution in [1.82, 2.24) is 20.1 Å². The van der Waals surface area contributed by atoms with Gasteiger partial charge in [0.25, 0.3) is 5.91 Å². The fourth-order valence-electron chi connectivity index (χ4n) is 6.39. The SMILES string of the molecule is O=C(NCCCN1CCCCC1)c1cccnc1N1C[C@H]2C[C@H](C1)[C@H]1CCCC(=O)N1C2. The number of hydrogen-bond acceptors (Lipinski definition) is 5. The number of carbonyl (C=O) groups excluding carboxylic acids is 2. The van der Waals surface area contributed by atoms with Gasteiger partial charge in [-0.2, -0.15) is 0 Å². The number of rotatable bonds is 6. The highest BCUT2D eigenvalue weighted by Crippen LogP contribution is 2.39. The van der Waals surface area contributed by atoms with Crippen LogP contribution in [0.2, 0.25) is 0 Å². The van der Waals surface area contributed by atoms with Crippen LogP contribution in [0.5, 0.6) is 0 Å². The van der Waals surface area contributed by atoms with E-state index in [-0.39, 0.29) is 5.91 Å². The Bertz CT molecular complexity index is 824. The average Bonchev–Trinajstić information content (AvgIpc) is 2.83. The summed E-state index contributed by atoms with van der Waals surface area (Å²) in [6.07, 6.45) is 10.8. The highest BCUT2D eigenvalue weighted by atomic mass is 16.2. The van der Waals surface area contributed by atoms with Gasteiger partial charge < -0.3 is 20.0 Å². The first-order valence-electron chi connectivity index (χ1n) is 12.7. The van der Waals surface area contributed by atoms with Crippen molar-refractivity contribution in [3.8, 4) is 0 Å². The van der Waals surface area contributed by atoms with Crippen molar-refractivity contribution in [3.05, 3.63) is 23.9 Å². The van der Waals surface area contributed by atoms with Gasteiger partial charge in [-0.3, -0.25) is 9.59 Å². The van der Waals surface area contributed by atoms with Gasteiger partial charge in [-0.1, -0.05) is 6.42 Å². The fraction of sp³-hybridized carbons (Fsp3) is 0.720. The molecule has 0 unspecified atom stereocenters. The summed E-state index contributed by atoms with van der Waals surface area (Å²) in [6.45, 7) is 6.78. The first kappa shape index (κ1) is 21.7. The molecule has 4 saturated heterocycles. The summed E-state index contributed by atoms with van der Waals surface area (Å²) >= 11 is 0. The van der Waals surface area contributed by atoms with Crippen LogP contribution >= 0.6 is 0 Å². The van der Waals surface area contributed by atoms with Crippen LogP contribution < -0.4 is 10.2 Å². The summed E-state index contributed by atoms with van der Waals surface area (Å²) in [6, 6.07) is 4.13. The maximum atomic E-state index is 13.0. The summed E-state index contributed by atoms with van der Waals surface area (Å²) in [5, 5.41) is 3.13. The van der Waals surface area contributed by atoms with E-state index in [1.165, 1.54) is 38.8 Å². The molecule has 174 valence electrons. The fourth-order valence-corrected chi connectivity index (χ4v) is 6.39. The molecule has 0 aliphatic carbocycles. The van der Waals surface area contributed by atoms with Crippen molar-refractivity contribution < 1.29 is 9.59 Å². The van der Waals surface area contributed by atoms with E-state index in [0.29, 0.717) is 42.3 Å². The molecule has 32 heavy (non-hydrogen) atoms. The molecule has 1 aromatic heterocycles. The molecule has 2 amide bonds.